The summed E-state index contributed by atoms with van der Waals surface area (Å²) in [5, 5.41) is 0. The third-order valence-electron chi connectivity index (χ3n) is 6.53. The van der Waals surface area contributed by atoms with E-state index in [1.807, 2.05) is 43.3 Å². The Morgan fingerprint density at radius 2 is 1.17 bits per heavy atom. The van der Waals surface area contributed by atoms with Crippen molar-refractivity contribution in [2.45, 2.75) is 110 Å². The quantitative estimate of drug-likeness (QED) is 0.104. The Bertz CT molecular complexity index is 813. The van der Waals surface area contributed by atoms with E-state index in [0.717, 1.165) is 37.2 Å². The molecule has 4 heteroatoms. The summed E-state index contributed by atoms with van der Waals surface area (Å²) < 4.78 is 17.2. The van der Waals surface area contributed by atoms with Gasteiger partial charge in [-0.3, -0.25) is 0 Å². The number of carbonyl (C=O) groups is 1. The van der Waals surface area contributed by atoms with Gasteiger partial charge in [0.25, 0.3) is 0 Å². The maximum absolute atomic E-state index is 12.5. The van der Waals surface area contributed by atoms with Gasteiger partial charge >= 0.3 is 5.97 Å². The van der Waals surface area contributed by atoms with Crippen molar-refractivity contribution in [3.05, 3.63) is 59.7 Å². The van der Waals surface area contributed by atoms with E-state index in [2.05, 4.69) is 13.8 Å². The molecule has 0 bridgehead atoms. The first-order chi connectivity index (χ1) is 17.6. The number of benzene rings is 2. The number of carbonyl (C=O) groups excluding carboxylic acids is 1. The molecule has 0 amide bonds. The molecule has 0 saturated carbocycles. The van der Waals surface area contributed by atoms with E-state index < -0.39 is 0 Å². The predicted molar refractivity (Wildman–Crippen MR) is 149 cm³/mol. The molecule has 0 aliphatic carbocycles. The Balaban J connectivity index is 1.60. The fourth-order valence-corrected chi connectivity index (χ4v) is 4.12. The first kappa shape index (κ1) is 29.9. The molecule has 0 N–H and O–H groups in total. The minimum atomic E-state index is -0.369. The molecule has 0 saturated heterocycles. The van der Waals surface area contributed by atoms with Gasteiger partial charge < -0.3 is 14.2 Å². The Labute approximate surface area is 219 Å². The van der Waals surface area contributed by atoms with Crippen molar-refractivity contribution >= 4 is 5.97 Å². The summed E-state index contributed by atoms with van der Waals surface area (Å²) in [6, 6.07) is 14.7. The summed E-state index contributed by atoms with van der Waals surface area (Å²) in [4.78, 5) is 12.5. The van der Waals surface area contributed by atoms with Crippen molar-refractivity contribution in [2.24, 2.45) is 0 Å². The zero-order valence-corrected chi connectivity index (χ0v) is 22.9. The molecule has 36 heavy (non-hydrogen) atoms. The molecule has 0 aromatic heterocycles. The standard InChI is InChI=1S/C32H48O4/c1-4-6-8-9-10-11-12-13-14-15-16-26-35-30-21-19-29(20-22-30)32(33)36-31-23-17-28(18-24-31)27(3)34-25-7-5-2/h17-24,27H,4-16,25-26H2,1-3H3. The van der Waals surface area contributed by atoms with Gasteiger partial charge in [0.2, 0.25) is 0 Å². The monoisotopic (exact) mass is 496 g/mol. The predicted octanol–water partition coefficient (Wildman–Crippen LogP) is 9.47. The topological polar surface area (TPSA) is 44.8 Å². The van der Waals surface area contributed by atoms with Gasteiger partial charge in [0.1, 0.15) is 11.5 Å². The van der Waals surface area contributed by atoms with Crippen LogP contribution in [-0.2, 0) is 4.74 Å². The van der Waals surface area contributed by atoms with E-state index in [1.165, 1.54) is 64.2 Å². The minimum absolute atomic E-state index is 0.0268. The number of ether oxygens (including phenoxy) is 3. The van der Waals surface area contributed by atoms with Crippen LogP contribution in [-0.4, -0.2) is 19.2 Å². The molecule has 0 aliphatic rings. The zero-order valence-electron chi connectivity index (χ0n) is 22.9. The van der Waals surface area contributed by atoms with Crippen LogP contribution in [0.15, 0.2) is 48.5 Å². The van der Waals surface area contributed by atoms with Crippen molar-refractivity contribution in [3.8, 4) is 11.5 Å². The summed E-state index contributed by atoms with van der Waals surface area (Å²) in [5.74, 6) is 0.952. The van der Waals surface area contributed by atoms with Gasteiger partial charge in [0.05, 0.1) is 18.3 Å². The Morgan fingerprint density at radius 3 is 1.75 bits per heavy atom. The van der Waals surface area contributed by atoms with E-state index >= 15 is 0 Å². The van der Waals surface area contributed by atoms with E-state index in [4.69, 9.17) is 14.2 Å². The lowest BCUT2D eigenvalue weighted by Gasteiger charge is -2.13. The third kappa shape index (κ3) is 12.6. The second kappa shape index (κ2) is 18.9. The fraction of sp³-hybridized carbons (Fsp3) is 0.594. The summed E-state index contributed by atoms with van der Waals surface area (Å²) in [5.41, 5.74) is 1.59. The van der Waals surface area contributed by atoms with Gasteiger partial charge in [-0.25, -0.2) is 4.79 Å². The summed E-state index contributed by atoms with van der Waals surface area (Å²) in [6.07, 6.45) is 16.8. The highest BCUT2D eigenvalue weighted by Gasteiger charge is 2.10. The molecule has 2 aromatic carbocycles. The molecule has 4 nitrogen and oxygen atoms in total. The summed E-state index contributed by atoms with van der Waals surface area (Å²) in [7, 11) is 0. The molecule has 0 fully saturated rings. The van der Waals surface area contributed by atoms with Gasteiger partial charge in [-0.1, -0.05) is 96.6 Å². The smallest absolute Gasteiger partial charge is 0.343 e. The molecular formula is C32H48O4. The highest BCUT2D eigenvalue weighted by molar-refractivity contribution is 5.91. The van der Waals surface area contributed by atoms with Crippen LogP contribution in [0.3, 0.4) is 0 Å². The second-order valence-corrected chi connectivity index (χ2v) is 9.73. The lowest BCUT2D eigenvalue weighted by molar-refractivity contribution is 0.0636. The normalized spacial score (nSPS) is 11.9. The number of unbranched alkanes of at least 4 members (excludes halogenated alkanes) is 11. The molecule has 0 aliphatic heterocycles. The van der Waals surface area contributed by atoms with Crippen LogP contribution >= 0.6 is 0 Å². The van der Waals surface area contributed by atoms with Crippen molar-refractivity contribution in [3.63, 3.8) is 0 Å². The molecule has 0 heterocycles. The first-order valence-electron chi connectivity index (χ1n) is 14.3. The average Bonchev–Trinajstić information content (AvgIpc) is 2.90. The van der Waals surface area contributed by atoms with E-state index in [-0.39, 0.29) is 12.1 Å². The SMILES string of the molecule is CCCCCCCCCCCCCOc1ccc(C(=O)Oc2ccc(C(C)OCCCC)cc2)cc1. The van der Waals surface area contributed by atoms with Crippen molar-refractivity contribution in [1.29, 1.82) is 0 Å². The number of hydrogen-bond acceptors (Lipinski definition) is 4. The molecule has 1 atom stereocenters. The molecule has 2 aromatic rings. The van der Waals surface area contributed by atoms with Crippen LogP contribution in [0.5, 0.6) is 11.5 Å². The summed E-state index contributed by atoms with van der Waals surface area (Å²) >= 11 is 0. The van der Waals surface area contributed by atoms with Crippen LogP contribution in [0.1, 0.15) is 126 Å². The number of esters is 1. The maximum atomic E-state index is 12.5. The van der Waals surface area contributed by atoms with Crippen LogP contribution in [0.4, 0.5) is 0 Å². The maximum Gasteiger partial charge on any atom is 0.343 e. The zero-order chi connectivity index (χ0) is 25.8. The fourth-order valence-electron chi connectivity index (χ4n) is 4.12. The molecular weight excluding hydrogens is 448 g/mol. The third-order valence-corrected chi connectivity index (χ3v) is 6.53. The molecule has 0 radical (unpaired) electrons. The number of hydrogen-bond donors (Lipinski definition) is 0. The average molecular weight is 497 g/mol. The van der Waals surface area contributed by atoms with Crippen LogP contribution < -0.4 is 9.47 Å². The largest absolute Gasteiger partial charge is 0.494 e. The second-order valence-electron chi connectivity index (χ2n) is 9.73. The van der Waals surface area contributed by atoms with Crippen LogP contribution in [0.25, 0.3) is 0 Å². The van der Waals surface area contributed by atoms with Crippen molar-refractivity contribution in [1.82, 2.24) is 0 Å². The van der Waals surface area contributed by atoms with Crippen molar-refractivity contribution in [2.75, 3.05) is 13.2 Å². The van der Waals surface area contributed by atoms with E-state index in [1.54, 1.807) is 12.1 Å². The molecule has 200 valence electrons. The van der Waals surface area contributed by atoms with Gasteiger partial charge in [0.15, 0.2) is 0 Å². The van der Waals surface area contributed by atoms with Gasteiger partial charge in [0, 0.05) is 6.61 Å². The lowest BCUT2D eigenvalue weighted by atomic mass is 10.1. The molecule has 1 unspecified atom stereocenters. The van der Waals surface area contributed by atoms with Gasteiger partial charge in [-0.05, 0) is 61.7 Å². The Morgan fingerprint density at radius 1 is 0.639 bits per heavy atom. The Hall–Kier alpha value is -2.33. The number of rotatable bonds is 20. The highest BCUT2D eigenvalue weighted by atomic mass is 16.5. The molecule has 2 rings (SSSR count). The minimum Gasteiger partial charge on any atom is -0.494 e. The summed E-state index contributed by atoms with van der Waals surface area (Å²) in [6.45, 7) is 7.93. The lowest BCUT2D eigenvalue weighted by Crippen LogP contribution is -2.09. The highest BCUT2D eigenvalue weighted by Crippen LogP contribution is 2.22. The van der Waals surface area contributed by atoms with Crippen molar-refractivity contribution < 1.29 is 19.0 Å². The van der Waals surface area contributed by atoms with E-state index in [9.17, 15) is 4.79 Å². The van der Waals surface area contributed by atoms with Gasteiger partial charge in [-0.15, -0.1) is 0 Å². The Kier molecular flexibility index (Phi) is 15.7. The molecule has 0 spiro atoms. The van der Waals surface area contributed by atoms with Crippen LogP contribution in [0, 0.1) is 0 Å². The van der Waals surface area contributed by atoms with Crippen LogP contribution in [0.2, 0.25) is 0 Å². The van der Waals surface area contributed by atoms with E-state index in [0.29, 0.717) is 17.9 Å². The first-order valence-corrected chi connectivity index (χ1v) is 14.3. The van der Waals surface area contributed by atoms with Gasteiger partial charge in [-0.2, -0.15) is 0 Å².